The second-order valence-corrected chi connectivity index (χ2v) is 4.83. The van der Waals surface area contributed by atoms with Gasteiger partial charge in [0.05, 0.1) is 0 Å². The van der Waals surface area contributed by atoms with Crippen molar-refractivity contribution in [2.24, 2.45) is 0 Å². The lowest BCUT2D eigenvalue weighted by molar-refractivity contribution is -0.122. The van der Waals surface area contributed by atoms with Crippen LogP contribution in [0.4, 0.5) is 10.5 Å². The minimum atomic E-state index is -0.538. The van der Waals surface area contributed by atoms with Gasteiger partial charge in [0, 0.05) is 18.7 Å². The average molecular weight is 307 g/mol. The van der Waals surface area contributed by atoms with Crippen LogP contribution in [-0.4, -0.2) is 30.5 Å². The lowest BCUT2D eigenvalue weighted by atomic mass is 10.3. The standard InChI is InChI=1S/C15H21N3O4/c1-4-10(2)16-15(21)18-14(20)9-22-13-7-5-12(6-8-13)17-11(3)19/h5-8,10H,4,9H2,1-3H3,(H,17,19)(H2,16,18,20,21)/t10-/m0/s1. The van der Waals surface area contributed by atoms with Gasteiger partial charge in [-0.25, -0.2) is 4.79 Å². The first-order chi connectivity index (χ1) is 10.4. The van der Waals surface area contributed by atoms with E-state index in [1.165, 1.54) is 6.92 Å². The summed E-state index contributed by atoms with van der Waals surface area (Å²) in [7, 11) is 0. The van der Waals surface area contributed by atoms with Gasteiger partial charge < -0.3 is 15.4 Å². The largest absolute Gasteiger partial charge is 0.484 e. The third-order valence-corrected chi connectivity index (χ3v) is 2.79. The van der Waals surface area contributed by atoms with Crippen molar-refractivity contribution in [3.8, 4) is 5.75 Å². The molecule has 1 atom stereocenters. The summed E-state index contributed by atoms with van der Waals surface area (Å²) in [5.74, 6) is -0.237. The Morgan fingerprint density at radius 1 is 1.18 bits per heavy atom. The Hall–Kier alpha value is -2.57. The maximum absolute atomic E-state index is 11.6. The summed E-state index contributed by atoms with van der Waals surface area (Å²) in [6.07, 6.45) is 0.777. The summed E-state index contributed by atoms with van der Waals surface area (Å²) in [4.78, 5) is 33.9. The van der Waals surface area contributed by atoms with Crippen LogP contribution in [0.5, 0.6) is 5.75 Å². The van der Waals surface area contributed by atoms with Crippen molar-refractivity contribution in [3.05, 3.63) is 24.3 Å². The Bertz CT molecular complexity index is 528. The molecule has 120 valence electrons. The first-order valence-electron chi connectivity index (χ1n) is 7.01. The van der Waals surface area contributed by atoms with Crippen LogP contribution in [0.3, 0.4) is 0 Å². The SMILES string of the molecule is CC[C@H](C)NC(=O)NC(=O)COc1ccc(NC(C)=O)cc1. The Balaban J connectivity index is 2.37. The second kappa shape index (κ2) is 8.66. The summed E-state index contributed by atoms with van der Waals surface area (Å²) in [5, 5.41) is 7.42. The summed E-state index contributed by atoms with van der Waals surface area (Å²) in [6, 6.07) is 6.02. The maximum Gasteiger partial charge on any atom is 0.321 e. The molecular formula is C15H21N3O4. The van der Waals surface area contributed by atoms with Gasteiger partial charge in [-0.15, -0.1) is 0 Å². The van der Waals surface area contributed by atoms with E-state index in [2.05, 4.69) is 16.0 Å². The predicted octanol–water partition coefficient (Wildman–Crippen LogP) is 1.65. The molecule has 3 N–H and O–H groups in total. The van der Waals surface area contributed by atoms with E-state index in [1.807, 2.05) is 13.8 Å². The number of rotatable bonds is 6. The molecule has 0 fully saturated rings. The Morgan fingerprint density at radius 3 is 2.36 bits per heavy atom. The highest BCUT2D eigenvalue weighted by Crippen LogP contribution is 2.15. The molecule has 1 rings (SSSR count). The molecule has 0 saturated heterocycles. The number of urea groups is 1. The van der Waals surface area contributed by atoms with Crippen molar-refractivity contribution in [2.75, 3.05) is 11.9 Å². The van der Waals surface area contributed by atoms with Crippen LogP contribution in [0, 0.1) is 0 Å². The lowest BCUT2D eigenvalue weighted by Gasteiger charge is -2.12. The van der Waals surface area contributed by atoms with Gasteiger partial charge in [0.1, 0.15) is 5.75 Å². The summed E-state index contributed by atoms with van der Waals surface area (Å²) in [5.41, 5.74) is 0.636. The molecule has 22 heavy (non-hydrogen) atoms. The molecule has 0 heterocycles. The van der Waals surface area contributed by atoms with Crippen molar-refractivity contribution in [3.63, 3.8) is 0 Å². The molecule has 0 aliphatic rings. The number of benzene rings is 1. The highest BCUT2D eigenvalue weighted by Gasteiger charge is 2.10. The molecule has 1 aromatic rings. The van der Waals surface area contributed by atoms with Crippen molar-refractivity contribution < 1.29 is 19.1 Å². The van der Waals surface area contributed by atoms with E-state index in [0.717, 1.165) is 6.42 Å². The van der Waals surface area contributed by atoms with Gasteiger partial charge in [-0.2, -0.15) is 0 Å². The fourth-order valence-corrected chi connectivity index (χ4v) is 1.51. The van der Waals surface area contributed by atoms with Crippen molar-refractivity contribution in [2.45, 2.75) is 33.2 Å². The Kier molecular flexibility index (Phi) is 6.88. The molecule has 0 aliphatic carbocycles. The molecule has 0 bridgehead atoms. The van der Waals surface area contributed by atoms with Gasteiger partial charge in [0.2, 0.25) is 5.91 Å². The highest BCUT2D eigenvalue weighted by molar-refractivity contribution is 5.95. The first kappa shape index (κ1) is 17.5. The van der Waals surface area contributed by atoms with Crippen LogP contribution in [0.1, 0.15) is 27.2 Å². The van der Waals surface area contributed by atoms with Gasteiger partial charge >= 0.3 is 6.03 Å². The number of nitrogens with one attached hydrogen (secondary N) is 3. The van der Waals surface area contributed by atoms with Crippen molar-refractivity contribution in [1.82, 2.24) is 10.6 Å². The van der Waals surface area contributed by atoms with E-state index >= 15 is 0 Å². The number of hydrogen-bond donors (Lipinski definition) is 3. The number of amides is 4. The lowest BCUT2D eigenvalue weighted by Crippen LogP contribution is -2.44. The van der Waals surface area contributed by atoms with Gasteiger partial charge in [0.15, 0.2) is 6.61 Å². The van der Waals surface area contributed by atoms with Crippen LogP contribution in [-0.2, 0) is 9.59 Å². The topological polar surface area (TPSA) is 96.5 Å². The number of ether oxygens (including phenoxy) is 1. The van der Waals surface area contributed by atoms with E-state index < -0.39 is 11.9 Å². The molecule has 7 heteroatoms. The number of hydrogen-bond acceptors (Lipinski definition) is 4. The van der Waals surface area contributed by atoms with Gasteiger partial charge in [-0.3, -0.25) is 14.9 Å². The number of imide groups is 1. The number of anilines is 1. The molecular weight excluding hydrogens is 286 g/mol. The Morgan fingerprint density at radius 2 is 1.82 bits per heavy atom. The highest BCUT2D eigenvalue weighted by atomic mass is 16.5. The van der Waals surface area contributed by atoms with Crippen LogP contribution >= 0.6 is 0 Å². The van der Waals surface area contributed by atoms with E-state index in [0.29, 0.717) is 11.4 Å². The molecule has 4 amide bonds. The molecule has 7 nitrogen and oxygen atoms in total. The molecule has 1 aromatic carbocycles. The van der Waals surface area contributed by atoms with Crippen LogP contribution < -0.4 is 20.7 Å². The van der Waals surface area contributed by atoms with Crippen molar-refractivity contribution in [1.29, 1.82) is 0 Å². The van der Waals surface area contributed by atoms with Crippen LogP contribution in [0.2, 0.25) is 0 Å². The third kappa shape index (κ3) is 6.74. The quantitative estimate of drug-likeness (QED) is 0.744. The van der Waals surface area contributed by atoms with Crippen molar-refractivity contribution >= 4 is 23.5 Å². The first-order valence-corrected chi connectivity index (χ1v) is 7.01. The maximum atomic E-state index is 11.6. The molecule has 0 saturated carbocycles. The smallest absolute Gasteiger partial charge is 0.321 e. The average Bonchev–Trinajstić information content (AvgIpc) is 2.45. The van der Waals surface area contributed by atoms with E-state index in [-0.39, 0.29) is 18.6 Å². The summed E-state index contributed by atoms with van der Waals surface area (Å²) >= 11 is 0. The molecule has 0 unspecified atom stereocenters. The van der Waals surface area contributed by atoms with E-state index in [1.54, 1.807) is 24.3 Å². The summed E-state index contributed by atoms with van der Waals surface area (Å²) < 4.78 is 5.26. The zero-order valence-electron chi connectivity index (χ0n) is 12.9. The monoisotopic (exact) mass is 307 g/mol. The fraction of sp³-hybridized carbons (Fsp3) is 0.400. The summed E-state index contributed by atoms with van der Waals surface area (Å²) in [6.45, 7) is 4.92. The zero-order valence-corrected chi connectivity index (χ0v) is 12.9. The third-order valence-electron chi connectivity index (χ3n) is 2.79. The van der Waals surface area contributed by atoms with Gasteiger partial charge in [0.25, 0.3) is 5.91 Å². The molecule has 0 aromatic heterocycles. The number of carbonyl (C=O) groups excluding carboxylic acids is 3. The normalized spacial score (nSPS) is 11.2. The predicted molar refractivity (Wildman–Crippen MR) is 82.7 cm³/mol. The van der Waals surface area contributed by atoms with Gasteiger partial charge in [-0.05, 0) is 37.6 Å². The zero-order chi connectivity index (χ0) is 16.5. The molecule has 0 spiro atoms. The minimum Gasteiger partial charge on any atom is -0.484 e. The van der Waals surface area contributed by atoms with Crippen LogP contribution in [0.25, 0.3) is 0 Å². The second-order valence-electron chi connectivity index (χ2n) is 4.83. The molecule has 0 radical (unpaired) electrons. The van der Waals surface area contributed by atoms with E-state index in [4.69, 9.17) is 4.74 Å². The minimum absolute atomic E-state index is 0.00459. The fourth-order valence-electron chi connectivity index (χ4n) is 1.51. The molecule has 0 aliphatic heterocycles. The van der Waals surface area contributed by atoms with Gasteiger partial charge in [-0.1, -0.05) is 6.92 Å². The Labute approximate surface area is 129 Å². The van der Waals surface area contributed by atoms with E-state index in [9.17, 15) is 14.4 Å². The van der Waals surface area contributed by atoms with Crippen LogP contribution in [0.15, 0.2) is 24.3 Å². The number of carbonyl (C=O) groups is 3.